The van der Waals surface area contributed by atoms with E-state index in [1.165, 1.54) is 116 Å². The van der Waals surface area contributed by atoms with Crippen LogP contribution in [0.5, 0.6) is 11.5 Å². The van der Waals surface area contributed by atoms with Crippen molar-refractivity contribution in [3.8, 4) is 22.9 Å². The summed E-state index contributed by atoms with van der Waals surface area (Å²) in [6, 6.07) is 7.56. The number of hydrogen-bond acceptors (Lipinski definition) is 5. The van der Waals surface area contributed by atoms with E-state index in [-0.39, 0.29) is 11.9 Å². The van der Waals surface area contributed by atoms with Crippen LogP contribution in [0.2, 0.25) is 0 Å². The van der Waals surface area contributed by atoms with Crippen LogP contribution in [0.1, 0.15) is 149 Å². The van der Waals surface area contributed by atoms with E-state index in [0.29, 0.717) is 23.9 Å². The second kappa shape index (κ2) is 19.9. The Labute approximate surface area is 268 Å². The monoisotopic (exact) mass is 604 g/mol. The first kappa shape index (κ1) is 34.4. The number of rotatable bonds is 19. The number of nitrogens with zero attached hydrogens (tertiary/aromatic N) is 2. The fraction of sp³-hybridized carbons (Fsp3) is 0.718. The molecular formula is C39H60N2O3. The lowest BCUT2D eigenvalue weighted by atomic mass is 9.68. The van der Waals surface area contributed by atoms with Crippen molar-refractivity contribution in [1.82, 2.24) is 9.97 Å². The summed E-state index contributed by atoms with van der Waals surface area (Å²) < 4.78 is 11.6. The van der Waals surface area contributed by atoms with E-state index in [0.717, 1.165) is 42.6 Å². The highest BCUT2D eigenvalue weighted by molar-refractivity contribution is 5.75. The third kappa shape index (κ3) is 11.8. The third-order valence-electron chi connectivity index (χ3n) is 10.4. The van der Waals surface area contributed by atoms with Gasteiger partial charge in [-0.05, 0) is 87.0 Å². The number of aromatic nitrogens is 2. The molecule has 0 radical (unpaired) electrons. The van der Waals surface area contributed by atoms with Crippen molar-refractivity contribution in [3.63, 3.8) is 0 Å². The second-order valence-corrected chi connectivity index (χ2v) is 13.8. The Kier molecular flexibility index (Phi) is 15.5. The molecule has 5 nitrogen and oxygen atoms in total. The van der Waals surface area contributed by atoms with Gasteiger partial charge in [-0.15, -0.1) is 0 Å². The van der Waals surface area contributed by atoms with Gasteiger partial charge in [0, 0.05) is 5.56 Å². The molecule has 0 N–H and O–H groups in total. The van der Waals surface area contributed by atoms with Crippen LogP contribution in [-0.4, -0.2) is 22.5 Å². The van der Waals surface area contributed by atoms with Gasteiger partial charge in [0.1, 0.15) is 5.75 Å². The van der Waals surface area contributed by atoms with Crippen LogP contribution in [0, 0.1) is 23.7 Å². The summed E-state index contributed by atoms with van der Waals surface area (Å²) in [5, 5.41) is 0. The molecule has 0 unspecified atom stereocenters. The first-order valence-electron chi connectivity index (χ1n) is 18.4. The predicted molar refractivity (Wildman–Crippen MR) is 181 cm³/mol. The lowest BCUT2D eigenvalue weighted by Crippen LogP contribution is -2.30. The smallest absolute Gasteiger partial charge is 0.314 e. The van der Waals surface area contributed by atoms with Crippen molar-refractivity contribution in [2.75, 3.05) is 6.61 Å². The Morgan fingerprint density at radius 1 is 0.659 bits per heavy atom. The molecule has 5 heteroatoms. The molecule has 0 aliphatic heterocycles. The molecule has 0 spiro atoms. The maximum absolute atomic E-state index is 13.0. The molecule has 0 saturated heterocycles. The topological polar surface area (TPSA) is 61.3 Å². The quantitative estimate of drug-likeness (QED) is 0.0906. The lowest BCUT2D eigenvalue weighted by molar-refractivity contribution is -0.140. The molecule has 44 heavy (non-hydrogen) atoms. The van der Waals surface area contributed by atoms with Crippen LogP contribution in [0.4, 0.5) is 0 Å². The molecule has 2 fully saturated rings. The summed E-state index contributed by atoms with van der Waals surface area (Å²) >= 11 is 0. The van der Waals surface area contributed by atoms with Crippen molar-refractivity contribution < 1.29 is 14.3 Å². The zero-order valence-corrected chi connectivity index (χ0v) is 27.9. The van der Waals surface area contributed by atoms with Crippen molar-refractivity contribution >= 4 is 5.97 Å². The van der Waals surface area contributed by atoms with Crippen molar-refractivity contribution in [3.05, 3.63) is 36.7 Å². The van der Waals surface area contributed by atoms with Crippen molar-refractivity contribution in [1.29, 1.82) is 0 Å². The van der Waals surface area contributed by atoms with Gasteiger partial charge in [-0.3, -0.25) is 4.79 Å². The molecule has 1 heterocycles. The van der Waals surface area contributed by atoms with E-state index in [1.807, 2.05) is 24.3 Å². The van der Waals surface area contributed by atoms with Gasteiger partial charge in [0.15, 0.2) is 11.6 Å². The van der Waals surface area contributed by atoms with Crippen LogP contribution in [0.3, 0.4) is 0 Å². The zero-order chi connectivity index (χ0) is 30.8. The molecule has 1 aromatic heterocycles. The van der Waals surface area contributed by atoms with Crippen LogP contribution in [-0.2, 0) is 4.79 Å². The summed E-state index contributed by atoms with van der Waals surface area (Å²) in [7, 11) is 0. The SMILES string of the molecule is CCCCCCCCC[C@H]1CC[C@H]([C@H]2CC[C@H](C(=O)Oc3ccc(-c4ncc(OCCCCCCC)cn4)cc3)CC2)CC1. The van der Waals surface area contributed by atoms with Gasteiger partial charge >= 0.3 is 5.97 Å². The summed E-state index contributed by atoms with van der Waals surface area (Å²) in [6.07, 6.45) is 30.9. The Morgan fingerprint density at radius 2 is 1.20 bits per heavy atom. The number of esters is 1. The van der Waals surface area contributed by atoms with Crippen LogP contribution in [0.15, 0.2) is 36.7 Å². The fourth-order valence-electron chi connectivity index (χ4n) is 7.47. The van der Waals surface area contributed by atoms with E-state index >= 15 is 0 Å². The zero-order valence-electron chi connectivity index (χ0n) is 27.9. The molecule has 2 saturated carbocycles. The molecule has 1 aromatic carbocycles. The molecule has 2 aliphatic rings. The number of unbranched alkanes of at least 4 members (excludes halogenated alkanes) is 10. The van der Waals surface area contributed by atoms with E-state index in [2.05, 4.69) is 23.8 Å². The average molecular weight is 605 g/mol. The highest BCUT2D eigenvalue weighted by Crippen LogP contribution is 2.42. The van der Waals surface area contributed by atoms with Gasteiger partial charge in [-0.25, -0.2) is 9.97 Å². The van der Waals surface area contributed by atoms with Crippen molar-refractivity contribution in [2.45, 2.75) is 149 Å². The molecule has 2 aromatic rings. The molecule has 0 atom stereocenters. The number of ether oxygens (including phenoxy) is 2. The van der Waals surface area contributed by atoms with E-state index in [4.69, 9.17) is 9.47 Å². The summed E-state index contributed by atoms with van der Waals surface area (Å²) in [4.78, 5) is 21.9. The van der Waals surface area contributed by atoms with Crippen LogP contribution >= 0.6 is 0 Å². The van der Waals surface area contributed by atoms with Gasteiger partial charge in [0.05, 0.1) is 24.9 Å². The minimum atomic E-state index is -0.0675. The van der Waals surface area contributed by atoms with Gasteiger partial charge < -0.3 is 9.47 Å². The largest absolute Gasteiger partial charge is 0.490 e. The van der Waals surface area contributed by atoms with Gasteiger partial charge in [-0.2, -0.15) is 0 Å². The third-order valence-corrected chi connectivity index (χ3v) is 10.4. The molecular weight excluding hydrogens is 544 g/mol. The first-order valence-corrected chi connectivity index (χ1v) is 18.4. The number of benzene rings is 1. The Morgan fingerprint density at radius 3 is 1.82 bits per heavy atom. The summed E-state index contributed by atoms with van der Waals surface area (Å²) in [5.41, 5.74) is 0.897. The summed E-state index contributed by atoms with van der Waals surface area (Å²) in [5.74, 6) is 4.56. The maximum Gasteiger partial charge on any atom is 0.314 e. The maximum atomic E-state index is 13.0. The van der Waals surface area contributed by atoms with Gasteiger partial charge in [-0.1, -0.05) is 104 Å². The van der Waals surface area contributed by atoms with Crippen molar-refractivity contribution in [2.24, 2.45) is 23.7 Å². The first-order chi connectivity index (χ1) is 21.7. The van der Waals surface area contributed by atoms with Crippen LogP contribution in [0.25, 0.3) is 11.4 Å². The predicted octanol–water partition coefficient (Wildman–Crippen LogP) is 11.2. The minimum absolute atomic E-state index is 0.0297. The highest BCUT2D eigenvalue weighted by Gasteiger charge is 2.33. The standard InChI is InChI=1S/C39H60N2O3/c1-3-5-7-9-10-11-13-15-31-16-18-32(19-17-31)33-20-22-35(23-21-33)39(42)44-36-26-24-34(25-27-36)38-40-29-37(30-41-38)43-28-14-12-8-6-4-2/h24-27,29-33,35H,3-23,28H2,1-2H3/t31-,32-,33-,35-. The van der Waals surface area contributed by atoms with E-state index in [9.17, 15) is 4.79 Å². The highest BCUT2D eigenvalue weighted by atomic mass is 16.5. The molecule has 0 bridgehead atoms. The van der Waals surface area contributed by atoms with Gasteiger partial charge in [0.25, 0.3) is 0 Å². The minimum Gasteiger partial charge on any atom is -0.490 e. The Balaban J connectivity index is 1.10. The van der Waals surface area contributed by atoms with Crippen LogP contribution < -0.4 is 9.47 Å². The molecule has 244 valence electrons. The number of hydrogen-bond donors (Lipinski definition) is 0. The molecule has 4 rings (SSSR count). The lowest BCUT2D eigenvalue weighted by Gasteiger charge is -2.37. The van der Waals surface area contributed by atoms with Gasteiger partial charge in [0.2, 0.25) is 0 Å². The number of carbonyl (C=O) groups excluding carboxylic acids is 1. The second-order valence-electron chi connectivity index (χ2n) is 13.8. The molecule has 0 amide bonds. The van der Waals surface area contributed by atoms with E-state index < -0.39 is 0 Å². The summed E-state index contributed by atoms with van der Waals surface area (Å²) in [6.45, 7) is 5.22. The normalized spacial score (nSPS) is 22.0. The number of carbonyl (C=O) groups is 1. The fourth-order valence-corrected chi connectivity index (χ4v) is 7.47. The van der Waals surface area contributed by atoms with E-state index in [1.54, 1.807) is 12.4 Å². The Hall–Kier alpha value is -2.43. The average Bonchev–Trinajstić information content (AvgIpc) is 3.07. The Bertz CT molecular complexity index is 1040. The molecule has 2 aliphatic carbocycles.